The van der Waals surface area contributed by atoms with E-state index in [1.54, 1.807) is 0 Å². The first kappa shape index (κ1) is 31.0. The molecule has 0 radical (unpaired) electrons. The number of nitrogens with zero attached hydrogens (tertiary/aromatic N) is 2. The van der Waals surface area contributed by atoms with E-state index in [1.807, 2.05) is 0 Å². The molecule has 56 heavy (non-hydrogen) atoms. The maximum atomic E-state index is 2.43. The van der Waals surface area contributed by atoms with E-state index in [4.69, 9.17) is 0 Å². The lowest BCUT2D eigenvalue weighted by Crippen LogP contribution is -1.93. The molecular formula is C54H34N2. The van der Waals surface area contributed by atoms with Gasteiger partial charge in [0.25, 0.3) is 0 Å². The normalized spacial score (nSPS) is 11.9. The minimum absolute atomic E-state index is 1.18. The molecule has 0 atom stereocenters. The van der Waals surface area contributed by atoms with Crippen molar-refractivity contribution >= 4 is 75.9 Å². The first-order valence-electron chi connectivity index (χ1n) is 19.3. The Kier molecular flexibility index (Phi) is 6.66. The van der Waals surface area contributed by atoms with Crippen LogP contribution < -0.4 is 0 Å². The van der Waals surface area contributed by atoms with Crippen LogP contribution in [0.5, 0.6) is 0 Å². The van der Waals surface area contributed by atoms with Gasteiger partial charge in [-0.1, -0.05) is 140 Å². The zero-order chi connectivity index (χ0) is 36.7. The van der Waals surface area contributed by atoms with Gasteiger partial charge in [0.15, 0.2) is 0 Å². The summed E-state index contributed by atoms with van der Waals surface area (Å²) < 4.78 is 4.78. The first-order valence-corrected chi connectivity index (χ1v) is 19.3. The van der Waals surface area contributed by atoms with E-state index in [2.05, 4.69) is 215 Å². The molecule has 12 rings (SSSR count). The molecule has 0 aliphatic rings. The van der Waals surface area contributed by atoms with Gasteiger partial charge in [-0.3, -0.25) is 0 Å². The van der Waals surface area contributed by atoms with E-state index in [0.29, 0.717) is 0 Å². The van der Waals surface area contributed by atoms with Crippen molar-refractivity contribution < 1.29 is 0 Å². The Morgan fingerprint density at radius 3 is 1.16 bits per heavy atom. The third kappa shape index (κ3) is 4.57. The van der Waals surface area contributed by atoms with Crippen molar-refractivity contribution in [3.8, 4) is 33.6 Å². The predicted octanol–water partition coefficient (Wildman–Crippen LogP) is 14.7. The minimum Gasteiger partial charge on any atom is -0.309 e. The summed E-state index contributed by atoms with van der Waals surface area (Å²) in [5, 5.41) is 12.8. The van der Waals surface area contributed by atoms with Crippen LogP contribution in [0.4, 0.5) is 0 Å². The predicted molar refractivity (Wildman–Crippen MR) is 239 cm³/mol. The van der Waals surface area contributed by atoms with Crippen LogP contribution in [0.2, 0.25) is 0 Å². The molecule has 0 spiro atoms. The standard InChI is InChI=1S/C54H34N2/c1-3-13-39(14-4-1)55-51-21-11-9-19-44(51)49-32-38(28-30-53(49)55)36-25-23-35(24-26-36)37-27-29-43-46(31-37)41-17-7-8-18-42(41)48-34-54-50(33-47(43)48)45-20-10-12-22-52(45)56(54)40-15-5-2-6-16-40/h1-34H. The summed E-state index contributed by atoms with van der Waals surface area (Å²) in [6, 6.07) is 75.7. The smallest absolute Gasteiger partial charge is 0.0547 e. The fraction of sp³-hybridized carbons (Fsp3) is 0. The van der Waals surface area contributed by atoms with Crippen LogP contribution in [0, 0.1) is 0 Å². The van der Waals surface area contributed by atoms with Gasteiger partial charge in [-0.25, -0.2) is 0 Å². The molecule has 0 bridgehead atoms. The summed E-state index contributed by atoms with van der Waals surface area (Å²) >= 11 is 0. The first-order chi connectivity index (χ1) is 27.8. The van der Waals surface area contributed by atoms with Gasteiger partial charge in [-0.2, -0.15) is 0 Å². The molecule has 2 heterocycles. The number of aromatic nitrogens is 2. The molecule has 0 amide bonds. The summed E-state index contributed by atoms with van der Waals surface area (Å²) in [5.74, 6) is 0. The van der Waals surface area contributed by atoms with Crippen molar-refractivity contribution in [2.75, 3.05) is 0 Å². The van der Waals surface area contributed by atoms with Crippen molar-refractivity contribution in [1.82, 2.24) is 9.13 Å². The van der Waals surface area contributed by atoms with Crippen molar-refractivity contribution in [3.05, 3.63) is 206 Å². The topological polar surface area (TPSA) is 9.86 Å². The largest absolute Gasteiger partial charge is 0.309 e. The van der Waals surface area contributed by atoms with Crippen LogP contribution in [0.1, 0.15) is 0 Å². The molecule has 12 aromatic rings. The number of fused-ring (bicyclic) bond motifs is 12. The van der Waals surface area contributed by atoms with Crippen LogP contribution in [0.25, 0.3) is 110 Å². The van der Waals surface area contributed by atoms with Crippen LogP contribution in [0.3, 0.4) is 0 Å². The van der Waals surface area contributed by atoms with Gasteiger partial charge in [-0.15, -0.1) is 0 Å². The summed E-state index contributed by atoms with van der Waals surface area (Å²) in [4.78, 5) is 0. The van der Waals surface area contributed by atoms with E-state index in [1.165, 1.54) is 110 Å². The van der Waals surface area contributed by atoms with Gasteiger partial charge < -0.3 is 9.13 Å². The van der Waals surface area contributed by atoms with E-state index in [9.17, 15) is 0 Å². The lowest BCUT2D eigenvalue weighted by atomic mass is 9.91. The van der Waals surface area contributed by atoms with Crippen molar-refractivity contribution in [1.29, 1.82) is 0 Å². The van der Waals surface area contributed by atoms with Crippen molar-refractivity contribution in [2.24, 2.45) is 0 Å². The Morgan fingerprint density at radius 1 is 0.196 bits per heavy atom. The molecule has 0 saturated heterocycles. The summed E-state index contributed by atoms with van der Waals surface area (Å²) in [7, 11) is 0. The Balaban J connectivity index is 0.991. The number of hydrogen-bond acceptors (Lipinski definition) is 0. The molecule has 10 aromatic carbocycles. The van der Waals surface area contributed by atoms with Gasteiger partial charge in [0.2, 0.25) is 0 Å². The molecule has 0 saturated carbocycles. The molecule has 0 fully saturated rings. The molecule has 2 aromatic heterocycles. The third-order valence-corrected chi connectivity index (χ3v) is 11.9. The van der Waals surface area contributed by atoms with Gasteiger partial charge in [-0.05, 0) is 121 Å². The summed E-state index contributed by atoms with van der Waals surface area (Å²) in [5.41, 5.74) is 12.1. The van der Waals surface area contributed by atoms with Gasteiger partial charge in [0.05, 0.1) is 22.1 Å². The van der Waals surface area contributed by atoms with Crippen molar-refractivity contribution in [3.63, 3.8) is 0 Å². The molecule has 2 nitrogen and oxygen atoms in total. The number of rotatable bonds is 4. The zero-order valence-corrected chi connectivity index (χ0v) is 30.5. The third-order valence-electron chi connectivity index (χ3n) is 11.9. The maximum Gasteiger partial charge on any atom is 0.0547 e. The zero-order valence-electron chi connectivity index (χ0n) is 30.5. The Labute approximate surface area is 323 Å². The minimum atomic E-state index is 1.18. The van der Waals surface area contributed by atoms with Crippen LogP contribution in [0.15, 0.2) is 206 Å². The fourth-order valence-corrected chi connectivity index (χ4v) is 9.31. The average Bonchev–Trinajstić information content (AvgIpc) is 3.78. The summed E-state index contributed by atoms with van der Waals surface area (Å²) in [6.45, 7) is 0. The highest BCUT2D eigenvalue weighted by Gasteiger charge is 2.17. The Hall–Kier alpha value is -7.42. The lowest BCUT2D eigenvalue weighted by molar-refractivity contribution is 1.18. The number of hydrogen-bond donors (Lipinski definition) is 0. The average molecular weight is 711 g/mol. The van der Waals surface area contributed by atoms with Crippen LogP contribution in [-0.2, 0) is 0 Å². The molecule has 260 valence electrons. The van der Waals surface area contributed by atoms with E-state index < -0.39 is 0 Å². The van der Waals surface area contributed by atoms with Gasteiger partial charge >= 0.3 is 0 Å². The number of para-hydroxylation sites is 4. The van der Waals surface area contributed by atoms with Gasteiger partial charge in [0.1, 0.15) is 0 Å². The van der Waals surface area contributed by atoms with Crippen molar-refractivity contribution in [2.45, 2.75) is 0 Å². The molecule has 0 N–H and O–H groups in total. The monoisotopic (exact) mass is 710 g/mol. The van der Waals surface area contributed by atoms with Crippen LogP contribution >= 0.6 is 0 Å². The summed E-state index contributed by atoms with van der Waals surface area (Å²) in [6.07, 6.45) is 0. The SMILES string of the molecule is c1ccc(-n2c3ccccc3c3cc(-c4ccc(-c5ccc6c(c5)c5ccccc5c5cc7c(cc65)c5ccccc5n7-c5ccccc5)cc4)ccc32)cc1. The van der Waals surface area contributed by atoms with E-state index in [-0.39, 0.29) is 0 Å². The second kappa shape index (κ2) is 12.0. The Morgan fingerprint density at radius 2 is 0.571 bits per heavy atom. The Bertz CT molecular complexity index is 3500. The number of benzene rings is 10. The maximum absolute atomic E-state index is 2.43. The van der Waals surface area contributed by atoms with E-state index >= 15 is 0 Å². The van der Waals surface area contributed by atoms with Crippen LogP contribution in [-0.4, -0.2) is 9.13 Å². The quantitative estimate of drug-likeness (QED) is 0.161. The highest BCUT2D eigenvalue weighted by atomic mass is 15.0. The second-order valence-corrected chi connectivity index (χ2v) is 14.9. The molecule has 0 aliphatic heterocycles. The van der Waals surface area contributed by atoms with Gasteiger partial charge in [0, 0.05) is 32.9 Å². The second-order valence-electron chi connectivity index (χ2n) is 14.9. The highest BCUT2D eigenvalue weighted by Crippen LogP contribution is 2.42. The fourth-order valence-electron chi connectivity index (χ4n) is 9.31. The molecule has 0 unspecified atom stereocenters. The lowest BCUT2D eigenvalue weighted by Gasteiger charge is -2.14. The highest BCUT2D eigenvalue weighted by molar-refractivity contribution is 6.29. The molecule has 0 aliphatic carbocycles. The molecular weight excluding hydrogens is 677 g/mol. The van der Waals surface area contributed by atoms with E-state index in [0.717, 1.165) is 0 Å². The molecule has 2 heteroatoms.